The predicted octanol–water partition coefficient (Wildman–Crippen LogP) is 1.83. The number of carbonyl (C=O) groups is 2. The molecule has 3 rings (SSSR count). The van der Waals surface area contributed by atoms with E-state index >= 15 is 0 Å². The van der Waals surface area contributed by atoms with E-state index in [0.717, 1.165) is 31.4 Å². The van der Waals surface area contributed by atoms with Gasteiger partial charge in [-0.15, -0.1) is 0 Å². The van der Waals surface area contributed by atoms with Crippen LogP contribution in [-0.4, -0.2) is 32.2 Å². The van der Waals surface area contributed by atoms with E-state index in [9.17, 15) is 9.59 Å². The third-order valence-corrected chi connectivity index (χ3v) is 4.35. The minimum atomic E-state index is -0.626. The lowest BCUT2D eigenvalue weighted by molar-refractivity contribution is -0.126. The summed E-state index contributed by atoms with van der Waals surface area (Å²) in [7, 11) is 0. The number of urea groups is 1. The molecule has 1 saturated carbocycles. The molecule has 20 heavy (non-hydrogen) atoms. The van der Waals surface area contributed by atoms with E-state index in [0.29, 0.717) is 12.6 Å². The summed E-state index contributed by atoms with van der Waals surface area (Å²) in [6.45, 7) is 4.51. The highest BCUT2D eigenvalue weighted by Crippen LogP contribution is 2.39. The van der Waals surface area contributed by atoms with E-state index in [1.165, 1.54) is 0 Å². The molecule has 6 nitrogen and oxygen atoms in total. The SMILES string of the molecule is CC(C)n1ccc(CN2C(=O)NC(=O)C23CCCC3)n1. The summed E-state index contributed by atoms with van der Waals surface area (Å²) in [6, 6.07) is 1.92. The van der Waals surface area contributed by atoms with Gasteiger partial charge in [-0.1, -0.05) is 12.8 Å². The number of nitrogens with one attached hydrogen (secondary N) is 1. The van der Waals surface area contributed by atoms with Gasteiger partial charge in [0.05, 0.1) is 12.2 Å². The van der Waals surface area contributed by atoms with E-state index in [4.69, 9.17) is 0 Å². The molecule has 0 bridgehead atoms. The van der Waals surface area contributed by atoms with Crippen LogP contribution in [0.3, 0.4) is 0 Å². The van der Waals surface area contributed by atoms with Crippen molar-refractivity contribution in [1.29, 1.82) is 0 Å². The van der Waals surface area contributed by atoms with Crippen LogP contribution in [0.2, 0.25) is 0 Å². The van der Waals surface area contributed by atoms with Crippen LogP contribution in [0, 0.1) is 0 Å². The molecule has 108 valence electrons. The Labute approximate surface area is 118 Å². The van der Waals surface area contributed by atoms with Crippen LogP contribution in [0.1, 0.15) is 51.3 Å². The van der Waals surface area contributed by atoms with Gasteiger partial charge in [0.15, 0.2) is 0 Å². The molecule has 1 spiro atoms. The molecule has 3 amide bonds. The fraction of sp³-hybridized carbons (Fsp3) is 0.643. The average molecular weight is 276 g/mol. The largest absolute Gasteiger partial charge is 0.325 e. The van der Waals surface area contributed by atoms with E-state index in [-0.39, 0.29) is 11.9 Å². The zero-order chi connectivity index (χ0) is 14.3. The van der Waals surface area contributed by atoms with Gasteiger partial charge in [0.1, 0.15) is 5.54 Å². The van der Waals surface area contributed by atoms with Crippen LogP contribution in [-0.2, 0) is 11.3 Å². The van der Waals surface area contributed by atoms with Crippen LogP contribution < -0.4 is 5.32 Å². The lowest BCUT2D eigenvalue weighted by atomic mass is 9.96. The first kappa shape index (κ1) is 13.1. The molecule has 2 aliphatic rings. The second kappa shape index (κ2) is 4.61. The molecule has 1 aliphatic heterocycles. The van der Waals surface area contributed by atoms with Gasteiger partial charge in [0, 0.05) is 12.2 Å². The van der Waals surface area contributed by atoms with Gasteiger partial charge in [-0.05, 0) is 32.8 Å². The van der Waals surface area contributed by atoms with Gasteiger partial charge in [-0.2, -0.15) is 5.10 Å². The Kier molecular flexibility index (Phi) is 3.03. The van der Waals surface area contributed by atoms with Gasteiger partial charge in [0.2, 0.25) is 0 Å². The van der Waals surface area contributed by atoms with E-state index < -0.39 is 5.54 Å². The van der Waals surface area contributed by atoms with Crippen LogP contribution in [0.4, 0.5) is 4.79 Å². The molecule has 2 fully saturated rings. The van der Waals surface area contributed by atoms with Crippen LogP contribution >= 0.6 is 0 Å². The maximum absolute atomic E-state index is 12.1. The molecule has 0 atom stereocenters. The number of hydrogen-bond acceptors (Lipinski definition) is 3. The van der Waals surface area contributed by atoms with Gasteiger partial charge in [-0.25, -0.2) is 4.79 Å². The van der Waals surface area contributed by atoms with Gasteiger partial charge >= 0.3 is 6.03 Å². The summed E-state index contributed by atoms with van der Waals surface area (Å²) in [4.78, 5) is 25.8. The Hall–Kier alpha value is -1.85. The van der Waals surface area contributed by atoms with E-state index in [2.05, 4.69) is 24.3 Å². The van der Waals surface area contributed by atoms with Gasteiger partial charge < -0.3 is 4.90 Å². The van der Waals surface area contributed by atoms with Crippen LogP contribution in [0.15, 0.2) is 12.3 Å². The van der Waals surface area contributed by atoms with Crippen molar-refractivity contribution < 1.29 is 9.59 Å². The molecule has 0 unspecified atom stereocenters. The first-order valence-electron chi connectivity index (χ1n) is 7.20. The third-order valence-electron chi connectivity index (χ3n) is 4.35. The summed E-state index contributed by atoms with van der Waals surface area (Å²) >= 11 is 0. The fourth-order valence-corrected chi connectivity index (χ4v) is 3.19. The summed E-state index contributed by atoms with van der Waals surface area (Å²) in [6.07, 6.45) is 5.43. The quantitative estimate of drug-likeness (QED) is 0.856. The minimum Gasteiger partial charge on any atom is -0.304 e. The molecule has 6 heteroatoms. The Balaban J connectivity index is 1.84. The van der Waals surface area contributed by atoms with Crippen molar-refractivity contribution in [2.75, 3.05) is 0 Å². The summed E-state index contributed by atoms with van der Waals surface area (Å²) in [5.74, 6) is -0.136. The second-order valence-electron chi connectivity index (χ2n) is 5.96. The molecule has 0 radical (unpaired) electrons. The van der Waals surface area contributed by atoms with Crippen LogP contribution in [0.25, 0.3) is 0 Å². The van der Waals surface area contributed by atoms with E-state index in [1.807, 2.05) is 16.9 Å². The Morgan fingerprint density at radius 3 is 2.65 bits per heavy atom. The monoisotopic (exact) mass is 276 g/mol. The van der Waals surface area contributed by atoms with Crippen LogP contribution in [0.5, 0.6) is 0 Å². The molecular formula is C14H20N4O2. The molecule has 1 aromatic rings. The standard InChI is InChI=1S/C14H20N4O2/c1-10(2)18-8-5-11(16-18)9-17-13(20)15-12(19)14(17)6-3-4-7-14/h5,8,10H,3-4,6-7,9H2,1-2H3,(H,15,19,20). The molecule has 2 heterocycles. The normalized spacial score (nSPS) is 21.2. The zero-order valence-corrected chi connectivity index (χ0v) is 11.9. The third kappa shape index (κ3) is 1.90. The predicted molar refractivity (Wildman–Crippen MR) is 72.9 cm³/mol. The van der Waals surface area contributed by atoms with Crippen molar-refractivity contribution in [2.45, 2.75) is 57.7 Å². The summed E-state index contributed by atoms with van der Waals surface area (Å²) in [5, 5.41) is 6.93. The summed E-state index contributed by atoms with van der Waals surface area (Å²) < 4.78 is 1.87. The lowest BCUT2D eigenvalue weighted by Gasteiger charge is -2.30. The van der Waals surface area contributed by atoms with Crippen molar-refractivity contribution in [2.24, 2.45) is 0 Å². The van der Waals surface area contributed by atoms with Crippen molar-refractivity contribution in [3.8, 4) is 0 Å². The molecule has 1 aliphatic carbocycles. The molecule has 1 aromatic heterocycles. The lowest BCUT2D eigenvalue weighted by Crippen LogP contribution is -2.46. The number of nitrogens with zero attached hydrogens (tertiary/aromatic N) is 3. The smallest absolute Gasteiger partial charge is 0.304 e. The fourth-order valence-electron chi connectivity index (χ4n) is 3.19. The van der Waals surface area contributed by atoms with Crippen molar-refractivity contribution in [3.05, 3.63) is 18.0 Å². The molecule has 0 aromatic carbocycles. The number of aromatic nitrogens is 2. The topological polar surface area (TPSA) is 67.2 Å². The van der Waals surface area contributed by atoms with Crippen molar-refractivity contribution in [1.82, 2.24) is 20.0 Å². The Bertz CT molecular complexity index is 543. The highest BCUT2D eigenvalue weighted by molar-refractivity contribution is 6.07. The maximum atomic E-state index is 12.1. The zero-order valence-electron chi connectivity index (χ0n) is 11.9. The minimum absolute atomic E-state index is 0.136. The number of rotatable bonds is 3. The molecule has 1 saturated heterocycles. The number of amides is 3. The highest BCUT2D eigenvalue weighted by Gasteiger charge is 2.54. The number of hydrogen-bond donors (Lipinski definition) is 1. The first-order valence-corrected chi connectivity index (χ1v) is 7.20. The van der Waals surface area contributed by atoms with Gasteiger partial charge in [-0.3, -0.25) is 14.8 Å². The van der Waals surface area contributed by atoms with Gasteiger partial charge in [0.25, 0.3) is 5.91 Å². The van der Waals surface area contributed by atoms with Crippen molar-refractivity contribution in [3.63, 3.8) is 0 Å². The van der Waals surface area contributed by atoms with Crippen molar-refractivity contribution >= 4 is 11.9 Å². The number of carbonyl (C=O) groups excluding carboxylic acids is 2. The molecular weight excluding hydrogens is 256 g/mol. The number of imide groups is 1. The second-order valence-corrected chi connectivity index (χ2v) is 5.96. The Morgan fingerprint density at radius 1 is 1.35 bits per heavy atom. The average Bonchev–Trinajstić information content (AvgIpc) is 3.09. The molecule has 1 N–H and O–H groups in total. The maximum Gasteiger partial charge on any atom is 0.325 e. The first-order chi connectivity index (χ1) is 9.53. The Morgan fingerprint density at radius 2 is 2.05 bits per heavy atom. The highest BCUT2D eigenvalue weighted by atomic mass is 16.2. The van der Waals surface area contributed by atoms with E-state index in [1.54, 1.807) is 4.90 Å². The summed E-state index contributed by atoms with van der Waals surface area (Å²) in [5.41, 5.74) is 0.202.